The quantitative estimate of drug-likeness (QED) is 0.318. The van der Waals surface area contributed by atoms with E-state index in [0.29, 0.717) is 16.3 Å². The standard InChI is InChI=1S/C19H15ClN2O6/c20-14-6-4-12(5-7-14)17(23)11-28-19(25)13-8-18(24)21(10-13)15-2-1-3-16(9-15)22(26)27/h1-7,9,13H,8,10-11H2/t13-/m1/s1. The third-order valence-electron chi connectivity index (χ3n) is 4.32. The molecule has 8 nitrogen and oxygen atoms in total. The second-order valence-electron chi connectivity index (χ2n) is 6.22. The van der Waals surface area contributed by atoms with Crippen LogP contribution in [0.1, 0.15) is 16.8 Å². The van der Waals surface area contributed by atoms with Crippen molar-refractivity contribution in [2.45, 2.75) is 6.42 Å². The van der Waals surface area contributed by atoms with Crippen LogP contribution in [0.5, 0.6) is 0 Å². The molecule has 2 aromatic carbocycles. The largest absolute Gasteiger partial charge is 0.457 e. The number of ether oxygens (including phenoxy) is 1. The Hall–Kier alpha value is -3.26. The number of anilines is 1. The van der Waals surface area contributed by atoms with Crippen LogP contribution in [0.3, 0.4) is 0 Å². The Morgan fingerprint density at radius 1 is 1.21 bits per heavy atom. The first kappa shape index (κ1) is 19.5. The van der Waals surface area contributed by atoms with Gasteiger partial charge in [0.05, 0.1) is 16.5 Å². The van der Waals surface area contributed by atoms with Gasteiger partial charge in [-0.05, 0) is 30.3 Å². The molecule has 9 heteroatoms. The number of hydrogen-bond acceptors (Lipinski definition) is 6. The highest BCUT2D eigenvalue weighted by molar-refractivity contribution is 6.30. The van der Waals surface area contributed by atoms with E-state index in [1.807, 2.05) is 0 Å². The Kier molecular flexibility index (Phi) is 5.70. The predicted molar refractivity (Wildman–Crippen MR) is 100 cm³/mol. The highest BCUT2D eigenvalue weighted by Gasteiger charge is 2.36. The van der Waals surface area contributed by atoms with E-state index in [4.69, 9.17) is 16.3 Å². The lowest BCUT2D eigenvalue weighted by atomic mass is 10.1. The molecular weight excluding hydrogens is 388 g/mol. The van der Waals surface area contributed by atoms with Crippen LogP contribution >= 0.6 is 11.6 Å². The number of amides is 1. The fourth-order valence-electron chi connectivity index (χ4n) is 2.86. The van der Waals surface area contributed by atoms with Gasteiger partial charge in [0.15, 0.2) is 12.4 Å². The zero-order valence-electron chi connectivity index (χ0n) is 14.5. The second-order valence-corrected chi connectivity index (χ2v) is 6.66. The summed E-state index contributed by atoms with van der Waals surface area (Å²) in [4.78, 5) is 48.2. The SMILES string of the molecule is O=C(COC(=O)[C@@H]1CC(=O)N(c2cccc([N+](=O)[O-])c2)C1)c1ccc(Cl)cc1. The van der Waals surface area contributed by atoms with Crippen LogP contribution in [-0.2, 0) is 14.3 Å². The number of rotatable bonds is 6. The first-order chi connectivity index (χ1) is 13.3. The van der Waals surface area contributed by atoms with Crippen LogP contribution in [-0.4, -0.2) is 35.7 Å². The Balaban J connectivity index is 1.60. The van der Waals surface area contributed by atoms with Gasteiger partial charge in [-0.25, -0.2) is 0 Å². The van der Waals surface area contributed by atoms with Crippen LogP contribution in [0.25, 0.3) is 0 Å². The van der Waals surface area contributed by atoms with Crippen molar-refractivity contribution in [3.8, 4) is 0 Å². The number of Topliss-reactive ketones (excluding diaryl/α,β-unsaturated/α-hetero) is 1. The zero-order chi connectivity index (χ0) is 20.3. The Morgan fingerprint density at radius 2 is 1.93 bits per heavy atom. The first-order valence-electron chi connectivity index (χ1n) is 8.35. The summed E-state index contributed by atoms with van der Waals surface area (Å²) in [6.45, 7) is -0.407. The third kappa shape index (κ3) is 4.34. The van der Waals surface area contributed by atoms with Gasteiger partial charge in [0.25, 0.3) is 5.69 Å². The molecule has 0 aromatic heterocycles. The molecule has 1 fully saturated rings. The van der Waals surface area contributed by atoms with Crippen molar-refractivity contribution >= 4 is 40.6 Å². The minimum absolute atomic E-state index is 0.0357. The molecule has 28 heavy (non-hydrogen) atoms. The summed E-state index contributed by atoms with van der Waals surface area (Å²) < 4.78 is 5.06. The lowest BCUT2D eigenvalue weighted by Crippen LogP contribution is -2.27. The lowest BCUT2D eigenvalue weighted by molar-refractivity contribution is -0.384. The molecule has 0 bridgehead atoms. The second kappa shape index (κ2) is 8.18. The number of nitro groups is 1. The third-order valence-corrected chi connectivity index (χ3v) is 4.57. The number of esters is 1. The average molecular weight is 403 g/mol. The van der Waals surface area contributed by atoms with Gasteiger partial charge in [-0.1, -0.05) is 17.7 Å². The summed E-state index contributed by atoms with van der Waals surface area (Å²) in [6.07, 6.45) is -0.0866. The van der Waals surface area contributed by atoms with Crippen molar-refractivity contribution in [3.05, 3.63) is 69.2 Å². The molecule has 1 amide bonds. The molecular formula is C19H15ClN2O6. The van der Waals surface area contributed by atoms with Gasteiger partial charge in [0.2, 0.25) is 5.91 Å². The molecule has 0 aliphatic carbocycles. The summed E-state index contributed by atoms with van der Waals surface area (Å²) in [5.41, 5.74) is 0.551. The van der Waals surface area contributed by atoms with E-state index < -0.39 is 23.4 Å². The van der Waals surface area contributed by atoms with Crippen molar-refractivity contribution in [3.63, 3.8) is 0 Å². The summed E-state index contributed by atoms with van der Waals surface area (Å²) in [6, 6.07) is 11.8. The summed E-state index contributed by atoms with van der Waals surface area (Å²) in [5, 5.41) is 11.4. The van der Waals surface area contributed by atoms with E-state index in [1.165, 1.54) is 35.2 Å². The maximum absolute atomic E-state index is 12.3. The first-order valence-corrected chi connectivity index (χ1v) is 8.73. The van der Waals surface area contributed by atoms with Crippen molar-refractivity contribution in [1.29, 1.82) is 0 Å². The van der Waals surface area contributed by atoms with Crippen molar-refractivity contribution < 1.29 is 24.0 Å². The van der Waals surface area contributed by atoms with Gasteiger partial charge in [0.1, 0.15) is 0 Å². The average Bonchev–Trinajstić information content (AvgIpc) is 3.08. The Morgan fingerprint density at radius 3 is 2.61 bits per heavy atom. The Bertz CT molecular complexity index is 944. The molecule has 3 rings (SSSR count). The van der Waals surface area contributed by atoms with Crippen LogP contribution < -0.4 is 4.90 Å². The molecule has 0 unspecified atom stereocenters. The van der Waals surface area contributed by atoms with Crippen molar-refractivity contribution in [2.75, 3.05) is 18.1 Å². The molecule has 1 saturated heterocycles. The number of nitrogens with zero attached hydrogens (tertiary/aromatic N) is 2. The normalized spacial score (nSPS) is 16.1. The van der Waals surface area contributed by atoms with E-state index in [1.54, 1.807) is 18.2 Å². The number of carbonyl (C=O) groups excluding carboxylic acids is 3. The number of carbonyl (C=O) groups is 3. The van der Waals surface area contributed by atoms with Crippen LogP contribution in [0, 0.1) is 16.0 Å². The van der Waals surface area contributed by atoms with Crippen molar-refractivity contribution in [2.24, 2.45) is 5.92 Å². The molecule has 0 spiro atoms. The fourth-order valence-corrected chi connectivity index (χ4v) is 2.99. The van der Waals surface area contributed by atoms with Crippen LogP contribution in [0.2, 0.25) is 5.02 Å². The molecule has 1 atom stereocenters. The van der Waals surface area contributed by atoms with Gasteiger partial charge in [0, 0.05) is 35.7 Å². The van der Waals surface area contributed by atoms with E-state index in [2.05, 4.69) is 0 Å². The van der Waals surface area contributed by atoms with E-state index in [9.17, 15) is 24.5 Å². The lowest BCUT2D eigenvalue weighted by Gasteiger charge is -2.16. The van der Waals surface area contributed by atoms with Gasteiger partial charge >= 0.3 is 5.97 Å². The predicted octanol–water partition coefficient (Wildman–Crippen LogP) is 3.03. The smallest absolute Gasteiger partial charge is 0.311 e. The highest BCUT2D eigenvalue weighted by Crippen LogP contribution is 2.28. The summed E-state index contributed by atoms with van der Waals surface area (Å²) in [7, 11) is 0. The monoisotopic (exact) mass is 402 g/mol. The number of halogens is 1. The maximum atomic E-state index is 12.3. The number of hydrogen-bond donors (Lipinski definition) is 0. The molecule has 1 aliphatic rings. The van der Waals surface area contributed by atoms with Crippen LogP contribution in [0.4, 0.5) is 11.4 Å². The molecule has 144 valence electrons. The molecule has 0 N–H and O–H groups in total. The van der Waals surface area contributed by atoms with Crippen molar-refractivity contribution in [1.82, 2.24) is 0 Å². The molecule has 2 aromatic rings. The summed E-state index contributed by atoms with van der Waals surface area (Å²) in [5.74, 6) is -2.13. The molecule has 0 saturated carbocycles. The number of ketones is 1. The number of non-ortho nitro benzene ring substituents is 1. The van der Waals surface area contributed by atoms with E-state index in [0.717, 1.165) is 0 Å². The van der Waals surface area contributed by atoms with Crippen LogP contribution in [0.15, 0.2) is 48.5 Å². The van der Waals surface area contributed by atoms with Gasteiger partial charge in [-0.2, -0.15) is 0 Å². The van der Waals surface area contributed by atoms with E-state index >= 15 is 0 Å². The number of nitro benzene ring substituents is 1. The molecule has 1 aliphatic heterocycles. The minimum Gasteiger partial charge on any atom is -0.457 e. The fraction of sp³-hybridized carbons (Fsp3) is 0.211. The van der Waals surface area contributed by atoms with E-state index in [-0.39, 0.29) is 30.3 Å². The van der Waals surface area contributed by atoms with Gasteiger partial charge < -0.3 is 9.64 Å². The summed E-state index contributed by atoms with van der Waals surface area (Å²) >= 11 is 5.76. The van der Waals surface area contributed by atoms with Gasteiger partial charge in [-0.3, -0.25) is 24.5 Å². The minimum atomic E-state index is -0.746. The Labute approximate surface area is 164 Å². The molecule has 1 heterocycles. The maximum Gasteiger partial charge on any atom is 0.311 e. The van der Waals surface area contributed by atoms with Gasteiger partial charge in [-0.15, -0.1) is 0 Å². The zero-order valence-corrected chi connectivity index (χ0v) is 15.3. The topological polar surface area (TPSA) is 107 Å². The number of benzene rings is 2. The highest BCUT2D eigenvalue weighted by atomic mass is 35.5. The molecule has 0 radical (unpaired) electrons.